The van der Waals surface area contributed by atoms with Gasteiger partial charge in [0.2, 0.25) is 0 Å². The third-order valence-electron chi connectivity index (χ3n) is 3.61. The minimum absolute atomic E-state index is 0.498. The van der Waals surface area contributed by atoms with Crippen molar-refractivity contribution in [3.8, 4) is 0 Å². The second-order valence-corrected chi connectivity index (χ2v) is 6.05. The van der Waals surface area contributed by atoms with Crippen molar-refractivity contribution in [1.29, 1.82) is 0 Å². The zero-order valence-electron chi connectivity index (χ0n) is 11.8. The van der Waals surface area contributed by atoms with E-state index in [1.165, 1.54) is 32.2 Å². The summed E-state index contributed by atoms with van der Waals surface area (Å²) in [6.45, 7) is 9.60. The molecule has 0 radical (unpaired) electrons. The predicted molar refractivity (Wildman–Crippen MR) is 82.1 cm³/mol. The molecule has 0 amide bonds. The molecule has 3 heteroatoms. The van der Waals surface area contributed by atoms with Gasteiger partial charge in [-0.1, -0.05) is 26.0 Å². The number of aryl methyl sites for hydroxylation is 3. The number of fused-ring (bicyclic) bond motifs is 1. The molecule has 2 rings (SSSR count). The second-order valence-electron chi connectivity index (χ2n) is 5.26. The van der Waals surface area contributed by atoms with Gasteiger partial charge in [-0.25, -0.2) is 0 Å². The van der Waals surface area contributed by atoms with E-state index in [4.69, 9.17) is 0 Å². The van der Waals surface area contributed by atoms with Gasteiger partial charge in [-0.3, -0.25) is 0 Å². The topological polar surface area (TPSA) is 17.0 Å². The van der Waals surface area contributed by atoms with E-state index in [2.05, 4.69) is 72.7 Å². The molecule has 1 aromatic heterocycles. The molecular weight excluding hydrogens is 288 g/mol. The molecule has 0 spiro atoms. The first kappa shape index (κ1) is 13.6. The molecule has 2 aromatic rings. The first-order valence-corrected chi connectivity index (χ1v) is 7.19. The lowest BCUT2D eigenvalue weighted by atomic mass is 10.1. The van der Waals surface area contributed by atoms with Crippen LogP contribution in [0, 0.1) is 13.8 Å². The SMILES string of the molecule is Cc1ccc2c(Br)c(CNC(C)C)n(C)c2c1C. The highest BCUT2D eigenvalue weighted by Crippen LogP contribution is 2.33. The second kappa shape index (κ2) is 5.06. The van der Waals surface area contributed by atoms with Gasteiger partial charge in [0.05, 0.1) is 5.52 Å². The van der Waals surface area contributed by atoms with Crippen molar-refractivity contribution in [2.75, 3.05) is 0 Å². The fourth-order valence-electron chi connectivity index (χ4n) is 2.35. The molecule has 0 atom stereocenters. The molecule has 98 valence electrons. The number of rotatable bonds is 3. The molecule has 0 unspecified atom stereocenters. The largest absolute Gasteiger partial charge is 0.345 e. The molecule has 0 bridgehead atoms. The summed E-state index contributed by atoms with van der Waals surface area (Å²) in [5, 5.41) is 4.79. The molecule has 0 aliphatic carbocycles. The quantitative estimate of drug-likeness (QED) is 0.905. The van der Waals surface area contributed by atoms with Crippen LogP contribution in [0.2, 0.25) is 0 Å². The predicted octanol–water partition coefficient (Wildman–Crippen LogP) is 4.06. The Bertz CT molecular complexity index is 582. The maximum Gasteiger partial charge on any atom is 0.0524 e. The van der Waals surface area contributed by atoms with Crippen LogP contribution in [-0.4, -0.2) is 10.6 Å². The van der Waals surface area contributed by atoms with Crippen LogP contribution >= 0.6 is 15.9 Å². The number of benzene rings is 1. The molecule has 2 nitrogen and oxygen atoms in total. The average molecular weight is 309 g/mol. The smallest absolute Gasteiger partial charge is 0.0524 e. The van der Waals surface area contributed by atoms with Gasteiger partial charge in [-0.2, -0.15) is 0 Å². The van der Waals surface area contributed by atoms with Gasteiger partial charge in [0, 0.05) is 35.2 Å². The van der Waals surface area contributed by atoms with E-state index >= 15 is 0 Å². The van der Waals surface area contributed by atoms with E-state index in [-0.39, 0.29) is 0 Å². The minimum atomic E-state index is 0.498. The highest BCUT2D eigenvalue weighted by atomic mass is 79.9. The molecule has 1 heterocycles. The Morgan fingerprint density at radius 3 is 2.56 bits per heavy atom. The van der Waals surface area contributed by atoms with Gasteiger partial charge in [0.1, 0.15) is 0 Å². The van der Waals surface area contributed by atoms with Crippen molar-refractivity contribution in [3.63, 3.8) is 0 Å². The lowest BCUT2D eigenvalue weighted by molar-refractivity contribution is 0.571. The fraction of sp³-hybridized carbons (Fsp3) is 0.467. The number of aromatic nitrogens is 1. The van der Waals surface area contributed by atoms with Crippen molar-refractivity contribution >= 4 is 26.8 Å². The lowest BCUT2D eigenvalue weighted by Gasteiger charge is -2.10. The molecule has 18 heavy (non-hydrogen) atoms. The summed E-state index contributed by atoms with van der Waals surface area (Å²) in [4.78, 5) is 0. The monoisotopic (exact) mass is 308 g/mol. The van der Waals surface area contributed by atoms with Crippen LogP contribution in [0.15, 0.2) is 16.6 Å². The number of hydrogen-bond donors (Lipinski definition) is 1. The molecule has 0 fully saturated rings. The van der Waals surface area contributed by atoms with Gasteiger partial charge in [0.25, 0.3) is 0 Å². The summed E-state index contributed by atoms with van der Waals surface area (Å²) in [5.74, 6) is 0. The van der Waals surface area contributed by atoms with E-state index in [0.29, 0.717) is 6.04 Å². The number of nitrogens with one attached hydrogen (secondary N) is 1. The Kier molecular flexibility index (Phi) is 3.83. The highest BCUT2D eigenvalue weighted by Gasteiger charge is 2.15. The van der Waals surface area contributed by atoms with Gasteiger partial charge in [-0.05, 0) is 40.9 Å². The van der Waals surface area contributed by atoms with E-state index in [9.17, 15) is 0 Å². The van der Waals surface area contributed by atoms with Crippen molar-refractivity contribution in [2.24, 2.45) is 7.05 Å². The van der Waals surface area contributed by atoms with Crippen LogP contribution < -0.4 is 5.32 Å². The van der Waals surface area contributed by atoms with E-state index in [1.807, 2.05) is 0 Å². The van der Waals surface area contributed by atoms with Gasteiger partial charge in [0.15, 0.2) is 0 Å². The summed E-state index contributed by atoms with van der Waals surface area (Å²) in [6, 6.07) is 4.90. The van der Waals surface area contributed by atoms with E-state index in [0.717, 1.165) is 6.54 Å². The molecule has 0 saturated heterocycles. The van der Waals surface area contributed by atoms with Crippen LogP contribution in [0.1, 0.15) is 30.7 Å². The van der Waals surface area contributed by atoms with Crippen molar-refractivity contribution in [3.05, 3.63) is 33.4 Å². The summed E-state index contributed by atoms with van der Waals surface area (Å²) in [6.07, 6.45) is 0. The summed E-state index contributed by atoms with van der Waals surface area (Å²) in [5.41, 5.74) is 5.36. The molecular formula is C15H21BrN2. The normalized spacial score (nSPS) is 11.7. The van der Waals surface area contributed by atoms with E-state index in [1.54, 1.807) is 0 Å². The molecule has 0 aliphatic heterocycles. The Labute approximate surface area is 118 Å². The zero-order valence-corrected chi connectivity index (χ0v) is 13.4. The summed E-state index contributed by atoms with van der Waals surface area (Å²) in [7, 11) is 2.15. The highest BCUT2D eigenvalue weighted by molar-refractivity contribution is 9.10. The van der Waals surface area contributed by atoms with Crippen LogP contribution in [0.4, 0.5) is 0 Å². The third kappa shape index (κ3) is 2.21. The third-order valence-corrected chi connectivity index (χ3v) is 4.49. The molecule has 1 N–H and O–H groups in total. The summed E-state index contributed by atoms with van der Waals surface area (Å²) < 4.78 is 3.52. The Morgan fingerprint density at radius 2 is 1.94 bits per heavy atom. The average Bonchev–Trinajstić information content (AvgIpc) is 2.54. The molecule has 0 saturated carbocycles. The van der Waals surface area contributed by atoms with Crippen LogP contribution in [0.3, 0.4) is 0 Å². The van der Waals surface area contributed by atoms with Crippen LogP contribution in [0.5, 0.6) is 0 Å². The van der Waals surface area contributed by atoms with Crippen molar-refractivity contribution in [1.82, 2.24) is 9.88 Å². The van der Waals surface area contributed by atoms with Gasteiger partial charge in [-0.15, -0.1) is 0 Å². The first-order valence-electron chi connectivity index (χ1n) is 6.39. The van der Waals surface area contributed by atoms with Crippen LogP contribution in [-0.2, 0) is 13.6 Å². The van der Waals surface area contributed by atoms with Crippen molar-refractivity contribution < 1.29 is 0 Å². The zero-order chi connectivity index (χ0) is 13.4. The maximum atomic E-state index is 3.75. The number of halogens is 1. The van der Waals surface area contributed by atoms with Crippen molar-refractivity contribution in [2.45, 2.75) is 40.3 Å². The number of hydrogen-bond acceptors (Lipinski definition) is 1. The van der Waals surface area contributed by atoms with E-state index < -0.39 is 0 Å². The van der Waals surface area contributed by atoms with Gasteiger partial charge < -0.3 is 9.88 Å². The molecule has 1 aromatic carbocycles. The Hall–Kier alpha value is -0.800. The minimum Gasteiger partial charge on any atom is -0.345 e. The Morgan fingerprint density at radius 1 is 1.28 bits per heavy atom. The standard InChI is InChI=1S/C15H21BrN2/c1-9(2)17-8-13-14(16)12-7-6-10(3)11(4)15(12)18(13)5/h6-7,9,17H,8H2,1-5H3. The maximum absolute atomic E-state index is 3.75. The summed E-state index contributed by atoms with van der Waals surface area (Å²) >= 11 is 3.75. The molecule has 0 aliphatic rings. The first-order chi connectivity index (χ1) is 8.43. The van der Waals surface area contributed by atoms with Crippen LogP contribution in [0.25, 0.3) is 10.9 Å². The van der Waals surface area contributed by atoms with Gasteiger partial charge >= 0.3 is 0 Å². The fourth-order valence-corrected chi connectivity index (χ4v) is 3.07. The lowest BCUT2D eigenvalue weighted by Crippen LogP contribution is -2.23. The Balaban J connectivity index is 2.59. The number of nitrogens with zero attached hydrogens (tertiary/aromatic N) is 1.